The van der Waals surface area contributed by atoms with Crippen LogP contribution in [0.3, 0.4) is 0 Å². The number of aromatic nitrogens is 1. The highest BCUT2D eigenvalue weighted by molar-refractivity contribution is 5.96. The number of nitrogens with zero attached hydrogens (tertiary/aromatic N) is 3. The molecule has 5 nitrogen and oxygen atoms in total. The zero-order chi connectivity index (χ0) is 12.4. The van der Waals surface area contributed by atoms with Gasteiger partial charge in [0.15, 0.2) is 5.69 Å². The number of amides is 1. The van der Waals surface area contributed by atoms with E-state index >= 15 is 0 Å². The molecule has 0 N–H and O–H groups in total. The van der Waals surface area contributed by atoms with Crippen LogP contribution >= 0.6 is 0 Å². The van der Waals surface area contributed by atoms with Gasteiger partial charge in [0.25, 0.3) is 5.91 Å². The Bertz CT molecular complexity index is 487. The molecule has 1 aliphatic carbocycles. The predicted octanol–water partition coefficient (Wildman–Crippen LogP) is 1.20. The summed E-state index contributed by atoms with van der Waals surface area (Å²) in [5, 5.41) is 8.91. The van der Waals surface area contributed by atoms with Crippen molar-refractivity contribution < 1.29 is 9.53 Å². The Morgan fingerprint density at radius 2 is 2.29 bits per heavy atom. The van der Waals surface area contributed by atoms with Gasteiger partial charge in [0.05, 0.1) is 17.9 Å². The molecule has 0 spiro atoms. The van der Waals surface area contributed by atoms with E-state index in [1.807, 2.05) is 6.07 Å². The summed E-state index contributed by atoms with van der Waals surface area (Å²) < 4.78 is 5.55. The minimum atomic E-state index is -0.240. The van der Waals surface area contributed by atoms with Gasteiger partial charge < -0.3 is 9.64 Å². The molecule has 5 heteroatoms. The van der Waals surface area contributed by atoms with Gasteiger partial charge in [-0.3, -0.25) is 4.79 Å². The first kappa shape index (κ1) is 11.4. The lowest BCUT2D eigenvalue weighted by Crippen LogP contribution is -2.23. The van der Waals surface area contributed by atoms with Crippen LogP contribution in [0.4, 0.5) is 0 Å². The van der Waals surface area contributed by atoms with Crippen molar-refractivity contribution in [2.24, 2.45) is 0 Å². The largest absolute Gasteiger partial charge is 0.489 e. The lowest BCUT2D eigenvalue weighted by Gasteiger charge is -2.12. The summed E-state index contributed by atoms with van der Waals surface area (Å²) in [4.78, 5) is 17.2. The molecule has 1 aromatic rings. The Balaban J connectivity index is 2.32. The van der Waals surface area contributed by atoms with Gasteiger partial charge in [-0.15, -0.1) is 0 Å². The van der Waals surface area contributed by atoms with Crippen molar-refractivity contribution in [2.45, 2.75) is 18.9 Å². The molecule has 0 aliphatic heterocycles. The number of nitriles is 1. The van der Waals surface area contributed by atoms with E-state index in [1.165, 1.54) is 11.1 Å². The van der Waals surface area contributed by atoms with Gasteiger partial charge in [0.1, 0.15) is 11.8 Å². The number of hydrogen-bond acceptors (Lipinski definition) is 4. The number of pyridine rings is 1. The minimum Gasteiger partial charge on any atom is -0.489 e. The van der Waals surface area contributed by atoms with Crippen molar-refractivity contribution >= 4 is 5.91 Å². The van der Waals surface area contributed by atoms with Crippen LogP contribution in [0.1, 0.15) is 28.9 Å². The van der Waals surface area contributed by atoms with Crippen LogP contribution in [0, 0.1) is 11.3 Å². The van der Waals surface area contributed by atoms with Gasteiger partial charge in [-0.05, 0) is 18.9 Å². The van der Waals surface area contributed by atoms with Gasteiger partial charge in [-0.25, -0.2) is 4.98 Å². The van der Waals surface area contributed by atoms with Gasteiger partial charge in [-0.2, -0.15) is 5.26 Å². The third-order valence-corrected chi connectivity index (χ3v) is 2.43. The molecule has 0 atom stereocenters. The van der Waals surface area contributed by atoms with E-state index in [0.717, 1.165) is 12.8 Å². The number of rotatable bonds is 3. The lowest BCUT2D eigenvalue weighted by atomic mass is 10.2. The van der Waals surface area contributed by atoms with Crippen molar-refractivity contribution in [2.75, 3.05) is 14.1 Å². The van der Waals surface area contributed by atoms with Crippen LogP contribution in [0.2, 0.25) is 0 Å². The molecule has 17 heavy (non-hydrogen) atoms. The molecule has 1 amide bonds. The first-order valence-corrected chi connectivity index (χ1v) is 5.40. The van der Waals surface area contributed by atoms with Crippen LogP contribution in [-0.4, -0.2) is 36.0 Å². The van der Waals surface area contributed by atoms with Crippen molar-refractivity contribution in [3.05, 3.63) is 23.5 Å². The van der Waals surface area contributed by atoms with Crippen LogP contribution in [0.5, 0.6) is 5.75 Å². The van der Waals surface area contributed by atoms with Crippen LogP contribution < -0.4 is 4.74 Å². The summed E-state index contributed by atoms with van der Waals surface area (Å²) in [6.07, 6.45) is 3.81. The van der Waals surface area contributed by atoms with E-state index in [4.69, 9.17) is 10.00 Å². The fourth-order valence-corrected chi connectivity index (χ4v) is 1.38. The van der Waals surface area contributed by atoms with Gasteiger partial charge in [0.2, 0.25) is 0 Å². The highest BCUT2D eigenvalue weighted by Crippen LogP contribution is 2.27. The number of carbonyl (C=O) groups is 1. The smallest absolute Gasteiger partial charge is 0.256 e. The number of ether oxygens (including phenoxy) is 1. The molecule has 1 heterocycles. The Morgan fingerprint density at radius 1 is 1.59 bits per heavy atom. The van der Waals surface area contributed by atoms with Crippen molar-refractivity contribution in [1.29, 1.82) is 5.26 Å². The van der Waals surface area contributed by atoms with E-state index in [1.54, 1.807) is 20.2 Å². The van der Waals surface area contributed by atoms with Gasteiger partial charge in [-0.1, -0.05) is 0 Å². The van der Waals surface area contributed by atoms with Crippen molar-refractivity contribution in [3.63, 3.8) is 0 Å². The average molecular weight is 231 g/mol. The first-order valence-electron chi connectivity index (χ1n) is 5.40. The fraction of sp³-hybridized carbons (Fsp3) is 0.417. The van der Waals surface area contributed by atoms with E-state index in [9.17, 15) is 4.79 Å². The third kappa shape index (κ3) is 2.53. The van der Waals surface area contributed by atoms with Crippen LogP contribution in [-0.2, 0) is 0 Å². The van der Waals surface area contributed by atoms with Gasteiger partial charge >= 0.3 is 0 Å². The lowest BCUT2D eigenvalue weighted by molar-refractivity contribution is 0.0826. The monoisotopic (exact) mass is 231 g/mol. The Morgan fingerprint density at radius 3 is 2.82 bits per heavy atom. The quantitative estimate of drug-likeness (QED) is 0.783. The molecule has 1 fully saturated rings. The molecule has 0 saturated heterocycles. The zero-order valence-electron chi connectivity index (χ0n) is 9.80. The third-order valence-electron chi connectivity index (χ3n) is 2.43. The van der Waals surface area contributed by atoms with Gasteiger partial charge in [0, 0.05) is 14.1 Å². The summed E-state index contributed by atoms with van der Waals surface area (Å²) in [5.74, 6) is 0.312. The highest BCUT2D eigenvalue weighted by atomic mass is 16.5. The maximum absolute atomic E-state index is 11.9. The SMILES string of the molecule is CN(C)C(=O)c1cc(OC2CC2)cnc1C#N. The summed E-state index contributed by atoms with van der Waals surface area (Å²) >= 11 is 0. The second-order valence-electron chi connectivity index (χ2n) is 4.20. The minimum absolute atomic E-state index is 0.131. The molecule has 1 aromatic heterocycles. The Labute approximate surface area is 99.6 Å². The zero-order valence-corrected chi connectivity index (χ0v) is 9.80. The molecular formula is C12H13N3O2. The van der Waals surface area contributed by atoms with E-state index in [2.05, 4.69) is 4.98 Å². The van der Waals surface area contributed by atoms with E-state index in [-0.39, 0.29) is 23.3 Å². The molecule has 1 aliphatic rings. The average Bonchev–Trinajstić information content (AvgIpc) is 3.11. The second kappa shape index (κ2) is 4.42. The van der Waals surface area contributed by atoms with Crippen LogP contribution in [0.15, 0.2) is 12.3 Å². The maximum Gasteiger partial charge on any atom is 0.256 e. The summed E-state index contributed by atoms with van der Waals surface area (Å²) in [7, 11) is 3.27. The Kier molecular flexibility index (Phi) is 2.96. The highest BCUT2D eigenvalue weighted by Gasteiger charge is 2.24. The second-order valence-corrected chi connectivity index (χ2v) is 4.20. The topological polar surface area (TPSA) is 66.2 Å². The molecule has 88 valence electrons. The first-order chi connectivity index (χ1) is 8.11. The normalized spacial score (nSPS) is 13.9. The molecule has 0 aromatic carbocycles. The maximum atomic E-state index is 11.9. The van der Waals surface area contributed by atoms with E-state index in [0.29, 0.717) is 5.75 Å². The Hall–Kier alpha value is -2.09. The summed E-state index contributed by atoms with van der Waals surface area (Å²) in [6.45, 7) is 0. The van der Waals surface area contributed by atoms with E-state index < -0.39 is 0 Å². The summed E-state index contributed by atoms with van der Waals surface area (Å²) in [5.41, 5.74) is 0.419. The number of hydrogen-bond donors (Lipinski definition) is 0. The molecule has 2 rings (SSSR count). The summed E-state index contributed by atoms with van der Waals surface area (Å²) in [6, 6.07) is 3.50. The van der Waals surface area contributed by atoms with Crippen molar-refractivity contribution in [3.8, 4) is 11.8 Å². The molecule has 0 unspecified atom stereocenters. The predicted molar refractivity (Wildman–Crippen MR) is 60.6 cm³/mol. The standard InChI is InChI=1S/C12H13N3O2/c1-15(2)12(16)10-5-9(17-8-3-4-8)7-14-11(10)6-13/h5,7-8H,3-4H2,1-2H3. The molecule has 1 saturated carbocycles. The number of carbonyl (C=O) groups excluding carboxylic acids is 1. The molecule has 0 radical (unpaired) electrons. The fourth-order valence-electron chi connectivity index (χ4n) is 1.38. The molecular weight excluding hydrogens is 218 g/mol. The van der Waals surface area contributed by atoms with Crippen LogP contribution in [0.25, 0.3) is 0 Å². The molecule has 0 bridgehead atoms. The van der Waals surface area contributed by atoms with Crippen molar-refractivity contribution in [1.82, 2.24) is 9.88 Å².